The Morgan fingerprint density at radius 2 is 1.72 bits per heavy atom. The van der Waals surface area contributed by atoms with E-state index >= 15 is 0 Å². The highest BCUT2D eigenvalue weighted by Crippen LogP contribution is 1.95. The molecule has 0 bridgehead atoms. The van der Waals surface area contributed by atoms with E-state index in [0.29, 0.717) is 19.0 Å². The van der Waals surface area contributed by atoms with Crippen molar-refractivity contribution in [2.24, 2.45) is 5.92 Å². The largest absolute Gasteiger partial charge is 0.355 e. The van der Waals surface area contributed by atoms with Crippen LogP contribution in [0, 0.1) is 5.92 Å². The second kappa shape index (κ2) is 9.70. The van der Waals surface area contributed by atoms with Crippen molar-refractivity contribution in [1.82, 2.24) is 20.9 Å². The van der Waals surface area contributed by atoms with Gasteiger partial charge in [-0.2, -0.15) is 0 Å². The zero-order valence-electron chi connectivity index (χ0n) is 11.9. The Balaban J connectivity index is 3.38. The van der Waals surface area contributed by atoms with Crippen LogP contribution in [-0.4, -0.2) is 57.1 Å². The molecule has 0 atom stereocenters. The molecule has 0 aromatic rings. The van der Waals surface area contributed by atoms with Crippen molar-refractivity contribution in [3.63, 3.8) is 0 Å². The number of nitrogens with zero attached hydrogens (tertiary/aromatic N) is 1. The monoisotopic (exact) mass is 258 g/mol. The molecule has 0 aliphatic heterocycles. The summed E-state index contributed by atoms with van der Waals surface area (Å²) in [5.74, 6) is 0.592. The second-order valence-electron chi connectivity index (χ2n) is 4.84. The molecule has 0 fully saturated rings. The molecule has 0 aliphatic rings. The quantitative estimate of drug-likeness (QED) is 0.537. The third-order valence-corrected chi connectivity index (χ3v) is 2.31. The number of urea groups is 1. The van der Waals surface area contributed by atoms with Crippen LogP contribution in [0.25, 0.3) is 0 Å². The molecule has 6 heteroatoms. The Bertz CT molecular complexity index is 254. The summed E-state index contributed by atoms with van der Waals surface area (Å²) in [6.45, 7) is 6.34. The molecule has 0 heterocycles. The van der Waals surface area contributed by atoms with Gasteiger partial charge in [0.2, 0.25) is 5.91 Å². The molecule has 3 amide bonds. The van der Waals surface area contributed by atoms with Crippen LogP contribution >= 0.6 is 0 Å². The highest BCUT2D eigenvalue weighted by molar-refractivity contribution is 5.78. The number of hydrogen-bond donors (Lipinski definition) is 3. The number of carbonyl (C=O) groups is 2. The van der Waals surface area contributed by atoms with Crippen LogP contribution in [0.2, 0.25) is 0 Å². The summed E-state index contributed by atoms with van der Waals surface area (Å²) < 4.78 is 0. The molecule has 106 valence electrons. The van der Waals surface area contributed by atoms with Gasteiger partial charge in [0.25, 0.3) is 0 Å². The maximum atomic E-state index is 11.4. The van der Waals surface area contributed by atoms with Crippen LogP contribution < -0.4 is 16.0 Å². The van der Waals surface area contributed by atoms with E-state index in [9.17, 15) is 9.59 Å². The molecule has 0 rings (SSSR count). The van der Waals surface area contributed by atoms with Crippen LogP contribution in [-0.2, 0) is 4.79 Å². The summed E-state index contributed by atoms with van der Waals surface area (Å²) in [7, 11) is 3.37. The van der Waals surface area contributed by atoms with E-state index < -0.39 is 0 Å². The first-order valence-corrected chi connectivity index (χ1v) is 6.36. The third-order valence-electron chi connectivity index (χ3n) is 2.31. The average molecular weight is 258 g/mol. The van der Waals surface area contributed by atoms with E-state index in [1.54, 1.807) is 14.1 Å². The Morgan fingerprint density at radius 1 is 1.06 bits per heavy atom. The molecular formula is C12H26N4O2. The molecule has 6 nitrogen and oxygen atoms in total. The van der Waals surface area contributed by atoms with Crippen molar-refractivity contribution in [1.29, 1.82) is 0 Å². The molecule has 3 N–H and O–H groups in total. The summed E-state index contributed by atoms with van der Waals surface area (Å²) in [6, 6.07) is -0.127. The van der Waals surface area contributed by atoms with Gasteiger partial charge >= 0.3 is 6.03 Å². The number of carbonyl (C=O) groups excluding carboxylic acids is 2. The van der Waals surface area contributed by atoms with Gasteiger partial charge in [0.15, 0.2) is 0 Å². The van der Waals surface area contributed by atoms with Crippen LogP contribution in [0.3, 0.4) is 0 Å². The molecule has 0 unspecified atom stereocenters. The van der Waals surface area contributed by atoms with Gasteiger partial charge in [-0.3, -0.25) is 4.79 Å². The minimum absolute atomic E-state index is 0.00501. The third kappa shape index (κ3) is 9.89. The van der Waals surface area contributed by atoms with Crippen LogP contribution in [0.4, 0.5) is 4.79 Å². The average Bonchev–Trinajstić information content (AvgIpc) is 2.27. The molecule has 0 aliphatic carbocycles. The lowest BCUT2D eigenvalue weighted by molar-refractivity contribution is -0.120. The van der Waals surface area contributed by atoms with Crippen LogP contribution in [0.15, 0.2) is 0 Å². The predicted octanol–water partition coefficient (Wildman–Crippen LogP) is 0.00950. The molecule has 0 spiro atoms. The number of nitrogens with one attached hydrogen (secondary N) is 3. The van der Waals surface area contributed by atoms with E-state index in [1.807, 2.05) is 0 Å². The van der Waals surface area contributed by atoms with Gasteiger partial charge in [0, 0.05) is 33.7 Å². The van der Waals surface area contributed by atoms with Gasteiger partial charge in [-0.05, 0) is 12.3 Å². The summed E-state index contributed by atoms with van der Waals surface area (Å²) in [4.78, 5) is 24.0. The summed E-state index contributed by atoms with van der Waals surface area (Å²) in [5, 5.41) is 8.51. The number of amides is 3. The maximum absolute atomic E-state index is 11.4. The zero-order chi connectivity index (χ0) is 14.0. The van der Waals surface area contributed by atoms with Gasteiger partial charge in [-0.15, -0.1) is 0 Å². The lowest BCUT2D eigenvalue weighted by Crippen LogP contribution is -2.41. The fraction of sp³-hybridized carbons (Fsp3) is 0.833. The maximum Gasteiger partial charge on any atom is 0.316 e. The van der Waals surface area contributed by atoms with Gasteiger partial charge in [0.1, 0.15) is 0 Å². The first-order chi connectivity index (χ1) is 8.43. The SMILES string of the molecule is CC(C)CCNC(=O)CNCCNC(=O)N(C)C. The molecule has 0 radical (unpaired) electrons. The lowest BCUT2D eigenvalue weighted by Gasteiger charge is -2.12. The molecule has 0 saturated heterocycles. The van der Waals surface area contributed by atoms with Crippen molar-refractivity contribution < 1.29 is 9.59 Å². The number of hydrogen-bond acceptors (Lipinski definition) is 3. The van der Waals surface area contributed by atoms with E-state index in [4.69, 9.17) is 0 Å². The number of rotatable bonds is 8. The molecular weight excluding hydrogens is 232 g/mol. The lowest BCUT2D eigenvalue weighted by atomic mass is 10.1. The Hall–Kier alpha value is -1.30. The van der Waals surface area contributed by atoms with Crippen molar-refractivity contribution in [2.75, 3.05) is 40.3 Å². The van der Waals surface area contributed by atoms with Crippen molar-refractivity contribution >= 4 is 11.9 Å². The molecule has 18 heavy (non-hydrogen) atoms. The first-order valence-electron chi connectivity index (χ1n) is 6.36. The fourth-order valence-corrected chi connectivity index (χ4v) is 1.18. The van der Waals surface area contributed by atoms with Gasteiger partial charge in [-0.1, -0.05) is 13.8 Å². The molecule has 0 aromatic heterocycles. The van der Waals surface area contributed by atoms with Crippen LogP contribution in [0.1, 0.15) is 20.3 Å². The minimum atomic E-state index is -0.127. The standard InChI is InChI=1S/C12H26N4O2/c1-10(2)5-6-14-11(17)9-13-7-8-15-12(18)16(3)4/h10,13H,5-9H2,1-4H3,(H,14,17)(H,15,18). The summed E-state index contributed by atoms with van der Waals surface area (Å²) in [5.41, 5.74) is 0. The zero-order valence-corrected chi connectivity index (χ0v) is 11.9. The highest BCUT2D eigenvalue weighted by Gasteiger charge is 2.02. The first kappa shape index (κ1) is 16.7. The van der Waals surface area contributed by atoms with E-state index in [0.717, 1.165) is 13.0 Å². The second-order valence-corrected chi connectivity index (χ2v) is 4.84. The van der Waals surface area contributed by atoms with E-state index in [1.165, 1.54) is 4.90 Å². The summed E-state index contributed by atoms with van der Waals surface area (Å²) >= 11 is 0. The topological polar surface area (TPSA) is 73.5 Å². The van der Waals surface area contributed by atoms with Crippen molar-refractivity contribution in [3.05, 3.63) is 0 Å². The van der Waals surface area contributed by atoms with Crippen molar-refractivity contribution in [3.8, 4) is 0 Å². The highest BCUT2D eigenvalue weighted by atomic mass is 16.2. The molecule has 0 aromatic carbocycles. The van der Waals surface area contributed by atoms with Gasteiger partial charge in [-0.25, -0.2) is 4.79 Å². The normalized spacial score (nSPS) is 10.3. The van der Waals surface area contributed by atoms with Crippen molar-refractivity contribution in [2.45, 2.75) is 20.3 Å². The van der Waals surface area contributed by atoms with Gasteiger partial charge in [0.05, 0.1) is 6.54 Å². The van der Waals surface area contributed by atoms with E-state index in [2.05, 4.69) is 29.8 Å². The Labute approximate surface area is 109 Å². The smallest absolute Gasteiger partial charge is 0.316 e. The molecule has 0 saturated carbocycles. The summed E-state index contributed by atoms with van der Waals surface area (Å²) in [6.07, 6.45) is 0.991. The van der Waals surface area contributed by atoms with Crippen LogP contribution in [0.5, 0.6) is 0 Å². The Kier molecular flexibility index (Phi) is 9.00. The van der Waals surface area contributed by atoms with Gasteiger partial charge < -0.3 is 20.9 Å². The Morgan fingerprint density at radius 3 is 2.28 bits per heavy atom. The predicted molar refractivity (Wildman–Crippen MR) is 72.4 cm³/mol. The van der Waals surface area contributed by atoms with E-state index in [-0.39, 0.29) is 18.5 Å². The minimum Gasteiger partial charge on any atom is -0.355 e. The fourth-order valence-electron chi connectivity index (χ4n) is 1.18.